The smallest absolute Gasteiger partial charge is 0.251 e. The fourth-order valence-corrected chi connectivity index (χ4v) is 5.25. The van der Waals surface area contributed by atoms with E-state index in [2.05, 4.69) is 28.2 Å². The van der Waals surface area contributed by atoms with Crippen LogP contribution in [0.5, 0.6) is 0 Å². The van der Waals surface area contributed by atoms with Crippen LogP contribution in [-0.4, -0.2) is 42.2 Å². The first-order valence-electron chi connectivity index (χ1n) is 9.93. The number of halogens is 1. The van der Waals surface area contributed by atoms with Crippen LogP contribution >= 0.6 is 0 Å². The van der Waals surface area contributed by atoms with Gasteiger partial charge in [0.25, 0.3) is 5.91 Å². The van der Waals surface area contributed by atoms with E-state index < -0.39 is 0 Å². The van der Waals surface area contributed by atoms with E-state index in [1.807, 2.05) is 12.3 Å². The van der Waals surface area contributed by atoms with Crippen molar-refractivity contribution in [2.75, 3.05) is 24.5 Å². The third-order valence-corrected chi connectivity index (χ3v) is 6.61. The summed E-state index contributed by atoms with van der Waals surface area (Å²) in [5.41, 5.74) is 1.58. The molecule has 4 heterocycles. The summed E-state index contributed by atoms with van der Waals surface area (Å²) in [5, 5.41) is 3.04. The van der Waals surface area contributed by atoms with Gasteiger partial charge in [-0.25, -0.2) is 9.37 Å². The molecule has 1 spiro atoms. The molecule has 1 N–H and O–H groups in total. The van der Waals surface area contributed by atoms with Crippen molar-refractivity contribution in [2.24, 2.45) is 11.8 Å². The van der Waals surface area contributed by atoms with Crippen LogP contribution in [0.15, 0.2) is 42.6 Å². The Bertz CT molecular complexity index is 903. The van der Waals surface area contributed by atoms with Gasteiger partial charge in [0.1, 0.15) is 11.6 Å². The second kappa shape index (κ2) is 6.55. The monoisotopic (exact) mass is 381 g/mol. The number of carbonyl (C=O) groups is 1. The van der Waals surface area contributed by atoms with Gasteiger partial charge in [-0.15, -0.1) is 0 Å². The number of rotatable bonds is 4. The SMILES string of the molecule is Cc1ccnc(N2C[C@@H]3[C@H](CNC(=O)c4ccc(F)cc4)[C@H]4CC[C@]3(C2)O4)c1. The van der Waals surface area contributed by atoms with Gasteiger partial charge in [0, 0.05) is 43.2 Å². The van der Waals surface area contributed by atoms with Crippen LogP contribution in [0.2, 0.25) is 0 Å². The number of fused-ring (bicyclic) bond motifs is 1. The number of aryl methyl sites for hydroxylation is 1. The van der Waals surface area contributed by atoms with E-state index in [0.717, 1.165) is 31.7 Å². The molecule has 4 atom stereocenters. The first kappa shape index (κ1) is 17.6. The van der Waals surface area contributed by atoms with Gasteiger partial charge < -0.3 is 15.0 Å². The summed E-state index contributed by atoms with van der Waals surface area (Å²) in [6.45, 7) is 4.44. The highest BCUT2D eigenvalue weighted by Crippen LogP contribution is 2.55. The van der Waals surface area contributed by atoms with Crippen molar-refractivity contribution in [3.05, 3.63) is 59.5 Å². The zero-order valence-electron chi connectivity index (χ0n) is 15.9. The minimum Gasteiger partial charge on any atom is -0.369 e. The first-order chi connectivity index (χ1) is 13.5. The quantitative estimate of drug-likeness (QED) is 0.885. The molecule has 5 rings (SSSR count). The molecule has 5 nitrogen and oxygen atoms in total. The number of carbonyl (C=O) groups excluding carboxylic acids is 1. The normalized spacial score (nSPS) is 30.5. The molecule has 146 valence electrons. The second-order valence-corrected chi connectivity index (χ2v) is 8.32. The highest BCUT2D eigenvalue weighted by molar-refractivity contribution is 5.94. The molecule has 28 heavy (non-hydrogen) atoms. The Morgan fingerprint density at radius 1 is 1.36 bits per heavy atom. The minimum absolute atomic E-state index is 0.110. The molecule has 0 aliphatic carbocycles. The molecule has 1 amide bonds. The van der Waals surface area contributed by atoms with E-state index in [1.54, 1.807) is 0 Å². The Labute approximate surface area is 163 Å². The van der Waals surface area contributed by atoms with Crippen molar-refractivity contribution in [3.63, 3.8) is 0 Å². The van der Waals surface area contributed by atoms with E-state index in [1.165, 1.54) is 29.8 Å². The number of hydrogen-bond donors (Lipinski definition) is 1. The fraction of sp³-hybridized carbons (Fsp3) is 0.455. The fourth-order valence-electron chi connectivity index (χ4n) is 5.25. The Balaban J connectivity index is 1.29. The van der Waals surface area contributed by atoms with Crippen LogP contribution in [0.3, 0.4) is 0 Å². The van der Waals surface area contributed by atoms with Gasteiger partial charge in [-0.3, -0.25) is 4.79 Å². The highest BCUT2D eigenvalue weighted by Gasteiger charge is 2.63. The van der Waals surface area contributed by atoms with Crippen molar-refractivity contribution in [1.82, 2.24) is 10.3 Å². The number of nitrogens with zero attached hydrogens (tertiary/aromatic N) is 2. The zero-order chi connectivity index (χ0) is 19.3. The molecule has 3 saturated heterocycles. The average Bonchev–Trinajstić information content (AvgIpc) is 3.35. The van der Waals surface area contributed by atoms with E-state index in [-0.39, 0.29) is 23.4 Å². The number of hydrogen-bond acceptors (Lipinski definition) is 4. The Morgan fingerprint density at radius 3 is 2.96 bits per heavy atom. The maximum absolute atomic E-state index is 13.1. The van der Waals surface area contributed by atoms with Crippen LogP contribution in [-0.2, 0) is 4.74 Å². The summed E-state index contributed by atoms with van der Waals surface area (Å²) in [7, 11) is 0. The van der Waals surface area contributed by atoms with E-state index in [4.69, 9.17) is 4.74 Å². The lowest BCUT2D eigenvalue weighted by molar-refractivity contribution is 0.0141. The molecule has 6 heteroatoms. The maximum atomic E-state index is 13.1. The van der Waals surface area contributed by atoms with Gasteiger partial charge >= 0.3 is 0 Å². The molecule has 3 fully saturated rings. The summed E-state index contributed by atoms with van der Waals surface area (Å²) in [5.74, 6) is 1.20. The number of benzene rings is 1. The molecule has 2 aromatic rings. The summed E-state index contributed by atoms with van der Waals surface area (Å²) >= 11 is 0. The van der Waals surface area contributed by atoms with Crippen molar-refractivity contribution in [2.45, 2.75) is 31.5 Å². The predicted molar refractivity (Wildman–Crippen MR) is 104 cm³/mol. The Kier molecular flexibility index (Phi) is 4.12. The highest BCUT2D eigenvalue weighted by atomic mass is 19.1. The molecule has 0 radical (unpaired) electrons. The molecular weight excluding hydrogens is 357 g/mol. The van der Waals surface area contributed by atoms with Crippen LogP contribution < -0.4 is 10.2 Å². The summed E-state index contributed by atoms with van der Waals surface area (Å²) in [6.07, 6.45) is 4.19. The molecule has 3 aliphatic rings. The first-order valence-corrected chi connectivity index (χ1v) is 9.93. The average molecular weight is 381 g/mol. The lowest BCUT2D eigenvalue weighted by Gasteiger charge is -2.29. The maximum Gasteiger partial charge on any atom is 0.251 e. The van der Waals surface area contributed by atoms with Crippen molar-refractivity contribution < 1.29 is 13.9 Å². The van der Waals surface area contributed by atoms with Crippen molar-refractivity contribution in [1.29, 1.82) is 0 Å². The third kappa shape index (κ3) is 2.87. The molecule has 3 aliphatic heterocycles. The number of amides is 1. The zero-order valence-corrected chi connectivity index (χ0v) is 15.9. The van der Waals surface area contributed by atoms with Gasteiger partial charge in [0.15, 0.2) is 0 Å². The van der Waals surface area contributed by atoms with E-state index >= 15 is 0 Å². The van der Waals surface area contributed by atoms with Gasteiger partial charge in [-0.1, -0.05) is 0 Å². The van der Waals surface area contributed by atoms with Crippen LogP contribution in [0, 0.1) is 24.6 Å². The molecule has 1 aromatic heterocycles. The molecular formula is C22H24FN3O2. The van der Waals surface area contributed by atoms with E-state index in [9.17, 15) is 9.18 Å². The van der Waals surface area contributed by atoms with E-state index in [0.29, 0.717) is 23.9 Å². The summed E-state index contributed by atoms with van der Waals surface area (Å²) in [4.78, 5) is 19.3. The van der Waals surface area contributed by atoms with Crippen molar-refractivity contribution in [3.8, 4) is 0 Å². The number of ether oxygens (including phenoxy) is 1. The van der Waals surface area contributed by atoms with Gasteiger partial charge in [-0.05, 0) is 61.7 Å². The Hall–Kier alpha value is -2.47. The molecule has 0 saturated carbocycles. The van der Waals surface area contributed by atoms with Gasteiger partial charge in [0.05, 0.1) is 11.7 Å². The van der Waals surface area contributed by atoms with Crippen LogP contribution in [0.1, 0.15) is 28.8 Å². The summed E-state index contributed by atoms with van der Waals surface area (Å²) in [6, 6.07) is 9.79. The van der Waals surface area contributed by atoms with Crippen LogP contribution in [0.25, 0.3) is 0 Å². The number of anilines is 1. The third-order valence-electron chi connectivity index (χ3n) is 6.61. The molecule has 2 bridgehead atoms. The number of nitrogens with one attached hydrogen (secondary N) is 1. The van der Waals surface area contributed by atoms with Gasteiger partial charge in [0.2, 0.25) is 0 Å². The minimum atomic E-state index is -0.337. The Morgan fingerprint density at radius 2 is 2.18 bits per heavy atom. The molecule has 1 aromatic carbocycles. The number of aromatic nitrogens is 1. The second-order valence-electron chi connectivity index (χ2n) is 8.32. The topological polar surface area (TPSA) is 54.5 Å². The largest absolute Gasteiger partial charge is 0.369 e. The van der Waals surface area contributed by atoms with Crippen LogP contribution in [0.4, 0.5) is 10.2 Å². The van der Waals surface area contributed by atoms with Gasteiger partial charge in [-0.2, -0.15) is 0 Å². The molecule has 0 unspecified atom stereocenters. The lowest BCUT2D eigenvalue weighted by atomic mass is 9.73. The lowest BCUT2D eigenvalue weighted by Crippen LogP contribution is -2.41. The summed E-state index contributed by atoms with van der Waals surface area (Å²) < 4.78 is 19.5. The van der Waals surface area contributed by atoms with Crippen molar-refractivity contribution >= 4 is 11.7 Å². The predicted octanol–water partition coefficient (Wildman–Crippen LogP) is 2.94. The number of pyridine rings is 1. The standard InChI is InChI=1S/C22H24FN3O2/c1-14-7-9-24-20(10-14)26-12-18-17(19-6-8-22(18,13-26)28-19)11-25-21(27)15-2-4-16(23)5-3-15/h2-5,7,9-10,17-19H,6,8,11-13H2,1H3,(H,25,27)/t17-,18+,19+,22+/m0/s1.